The van der Waals surface area contributed by atoms with E-state index in [9.17, 15) is 0 Å². The Morgan fingerprint density at radius 2 is 0.737 bits per heavy atom. The molecule has 6 nitrogen and oxygen atoms in total. The van der Waals surface area contributed by atoms with Gasteiger partial charge in [-0.2, -0.15) is 26.3 Å². The number of para-hydroxylation sites is 2. The smallest absolute Gasteiger partial charge is 0.343 e. The van der Waals surface area contributed by atoms with Crippen molar-refractivity contribution in [2.75, 3.05) is 11.4 Å². The SMILES string of the molecule is Cc1ccc2c(c1)c1cc(N3C=C(c4cc(-n5c6ccccc6c6cc(-c7ccccc7)ccc65)ccc4C(F)(F)F)C(n4c5ccccc5c5cc(-c6ccccc6)ccc54)=CC3)ccc1n2-c1ccc(C(F)(F)F)c(-c2cnccc2-n2c3ccc(C)cc3c3cc(C)ccc32)c1. The number of anilines is 1. The van der Waals surface area contributed by atoms with Gasteiger partial charge >= 0.3 is 12.4 Å². The van der Waals surface area contributed by atoms with Crippen LogP contribution in [0.4, 0.5) is 32.0 Å². The van der Waals surface area contributed by atoms with Crippen LogP contribution in [0.1, 0.15) is 33.4 Å². The molecule has 1 aliphatic rings. The van der Waals surface area contributed by atoms with E-state index in [-0.39, 0.29) is 17.7 Å². The highest BCUT2D eigenvalue weighted by Gasteiger charge is 2.38. The highest BCUT2D eigenvalue weighted by molar-refractivity contribution is 6.17. The van der Waals surface area contributed by atoms with E-state index < -0.39 is 23.5 Å². The van der Waals surface area contributed by atoms with Gasteiger partial charge in [0.1, 0.15) is 0 Å². The van der Waals surface area contributed by atoms with E-state index in [1.807, 2.05) is 174 Å². The number of benzene rings is 12. The molecule has 478 valence electrons. The van der Waals surface area contributed by atoms with Gasteiger partial charge in [0, 0.05) is 96.4 Å². The van der Waals surface area contributed by atoms with Crippen molar-refractivity contribution in [3.63, 3.8) is 0 Å². The maximum atomic E-state index is 16.4. The van der Waals surface area contributed by atoms with Crippen LogP contribution in [0.2, 0.25) is 0 Å². The molecule has 0 fully saturated rings. The van der Waals surface area contributed by atoms with Crippen LogP contribution in [0.15, 0.2) is 286 Å². The fourth-order valence-electron chi connectivity index (χ4n) is 15.4. The second-order valence-corrected chi connectivity index (χ2v) is 26.0. The van der Waals surface area contributed by atoms with Gasteiger partial charge in [0.25, 0.3) is 0 Å². The first-order valence-electron chi connectivity index (χ1n) is 32.9. The van der Waals surface area contributed by atoms with E-state index in [1.54, 1.807) is 30.5 Å². The number of hydrogen-bond donors (Lipinski definition) is 0. The maximum Gasteiger partial charge on any atom is 0.417 e. The maximum absolute atomic E-state index is 16.4. The third kappa shape index (κ3) is 9.67. The molecular weight excluding hydrogens is 1240 g/mol. The molecule has 0 spiro atoms. The van der Waals surface area contributed by atoms with Crippen LogP contribution in [0, 0.1) is 20.8 Å². The van der Waals surface area contributed by atoms with Crippen molar-refractivity contribution in [1.29, 1.82) is 0 Å². The summed E-state index contributed by atoms with van der Waals surface area (Å²) in [5.74, 6) is 0. The first-order chi connectivity index (χ1) is 48.1. The van der Waals surface area contributed by atoms with Gasteiger partial charge in [-0.25, -0.2) is 0 Å². The van der Waals surface area contributed by atoms with Gasteiger partial charge < -0.3 is 23.2 Å². The Labute approximate surface area is 564 Å². The third-order valence-electron chi connectivity index (χ3n) is 19.9. The zero-order valence-electron chi connectivity index (χ0n) is 53.8. The van der Waals surface area contributed by atoms with Crippen molar-refractivity contribution in [3.8, 4) is 50.4 Å². The largest absolute Gasteiger partial charge is 0.417 e. The molecule has 1 aliphatic heterocycles. The zero-order valence-corrected chi connectivity index (χ0v) is 53.8. The van der Waals surface area contributed by atoms with Crippen molar-refractivity contribution >= 4 is 104 Å². The lowest BCUT2D eigenvalue weighted by atomic mass is 9.94. The first-order valence-corrected chi connectivity index (χ1v) is 32.9. The quantitative estimate of drug-likeness (QED) is 0.135. The minimum atomic E-state index is -4.79. The summed E-state index contributed by atoms with van der Waals surface area (Å²) >= 11 is 0. The fraction of sp³-hybridized carbons (Fsp3) is 0.0690. The van der Waals surface area contributed by atoms with E-state index in [4.69, 9.17) is 0 Å². The Balaban J connectivity index is 0.831. The van der Waals surface area contributed by atoms with Crippen molar-refractivity contribution in [2.45, 2.75) is 33.1 Å². The highest BCUT2D eigenvalue weighted by Crippen LogP contribution is 2.49. The molecule has 12 heteroatoms. The molecule has 99 heavy (non-hydrogen) atoms. The Kier molecular flexibility index (Phi) is 13.5. The van der Waals surface area contributed by atoms with Gasteiger partial charge in [-0.05, 0) is 194 Å². The molecule has 5 aromatic heterocycles. The summed E-state index contributed by atoms with van der Waals surface area (Å²) in [7, 11) is 0. The molecule has 12 aromatic carbocycles. The number of alkyl halides is 6. The Morgan fingerprint density at radius 3 is 1.27 bits per heavy atom. The average molecular weight is 1300 g/mol. The van der Waals surface area contributed by atoms with Crippen LogP contribution in [0.3, 0.4) is 0 Å². The van der Waals surface area contributed by atoms with Gasteiger partial charge in [0.15, 0.2) is 0 Å². The number of allylic oxidation sites excluding steroid dienone is 2. The van der Waals surface area contributed by atoms with E-state index in [2.05, 4.69) is 105 Å². The Bertz CT molecular complexity index is 6220. The van der Waals surface area contributed by atoms with E-state index >= 15 is 26.3 Å². The van der Waals surface area contributed by atoms with E-state index in [0.717, 1.165) is 132 Å². The molecule has 18 rings (SSSR count). The fourth-order valence-corrected chi connectivity index (χ4v) is 15.4. The normalized spacial score (nSPS) is 13.2. The monoisotopic (exact) mass is 1300 g/mol. The summed E-state index contributed by atoms with van der Waals surface area (Å²) in [6, 6.07) is 83.8. The minimum Gasteiger partial charge on any atom is -0.343 e. The van der Waals surface area contributed by atoms with Crippen molar-refractivity contribution < 1.29 is 26.3 Å². The summed E-state index contributed by atoms with van der Waals surface area (Å²) in [5.41, 5.74) is 15.6. The summed E-state index contributed by atoms with van der Waals surface area (Å²) in [5, 5.41) is 7.45. The lowest BCUT2D eigenvalue weighted by Crippen LogP contribution is -2.23. The van der Waals surface area contributed by atoms with Gasteiger partial charge in [-0.1, -0.05) is 144 Å². The number of pyridine rings is 1. The molecular formula is C87H58F6N6. The molecule has 0 radical (unpaired) electrons. The molecule has 17 aromatic rings. The summed E-state index contributed by atoms with van der Waals surface area (Å²) in [4.78, 5) is 6.48. The number of aromatic nitrogens is 5. The molecule has 0 amide bonds. The number of aryl methyl sites for hydroxylation is 3. The molecule has 0 saturated heterocycles. The van der Waals surface area contributed by atoms with Crippen molar-refractivity contribution in [1.82, 2.24) is 23.3 Å². The molecule has 0 aliphatic carbocycles. The standard InChI is InChI=1S/C87H58F6N6/c1-52-22-32-78-68(44-52)71-47-59(29-37-80(71)97(78)60-27-30-74(86(88,89)90)64(48-60)72-50-94-40-38-84(72)99-81-33-23-53(2)42-66(81)67-43-54(3)24-34-82(67)99)95-41-39-85(98-77-21-13-11-19-63(77)70-46-58(26-36-83(70)98)56-16-8-5-9-17-56)73(51-95)65-49-61(28-31-75(65)87(91,92)93)96-76-20-12-10-18-62(76)69-45-57(25-35-79(69)96)55-14-6-4-7-15-55/h4-40,42-51H,41H2,1-3H3. The van der Waals surface area contributed by atoms with Gasteiger partial charge in [-0.3, -0.25) is 4.98 Å². The number of halogens is 6. The lowest BCUT2D eigenvalue weighted by Gasteiger charge is -2.30. The predicted octanol–water partition coefficient (Wildman–Crippen LogP) is 23.8. The first kappa shape index (κ1) is 59.4. The number of fused-ring (bicyclic) bond motifs is 12. The van der Waals surface area contributed by atoms with Crippen LogP contribution in [0.25, 0.3) is 149 Å². The molecule has 0 saturated carbocycles. The number of hydrogen-bond acceptors (Lipinski definition) is 2. The van der Waals surface area contributed by atoms with Crippen LogP contribution < -0.4 is 4.90 Å². The molecule has 0 atom stereocenters. The van der Waals surface area contributed by atoms with Crippen LogP contribution >= 0.6 is 0 Å². The number of rotatable bonds is 9. The molecule has 0 unspecified atom stereocenters. The van der Waals surface area contributed by atoms with Gasteiger partial charge in [0.2, 0.25) is 0 Å². The summed E-state index contributed by atoms with van der Waals surface area (Å²) in [6.07, 6.45) is -2.51. The summed E-state index contributed by atoms with van der Waals surface area (Å²) in [6.45, 7) is 6.32. The van der Waals surface area contributed by atoms with E-state index in [1.165, 1.54) is 18.3 Å². The zero-order chi connectivity index (χ0) is 67.2. The van der Waals surface area contributed by atoms with Crippen molar-refractivity contribution in [3.05, 3.63) is 319 Å². The topological polar surface area (TPSA) is 35.9 Å². The summed E-state index contributed by atoms with van der Waals surface area (Å²) < 4.78 is 105. The second-order valence-electron chi connectivity index (χ2n) is 26.0. The molecule has 6 heterocycles. The Hall–Kier alpha value is -12.2. The van der Waals surface area contributed by atoms with Crippen LogP contribution in [-0.2, 0) is 12.4 Å². The minimum absolute atomic E-state index is 0.0128. The van der Waals surface area contributed by atoms with Crippen LogP contribution in [-0.4, -0.2) is 29.8 Å². The Morgan fingerprint density at radius 1 is 0.323 bits per heavy atom. The van der Waals surface area contributed by atoms with Crippen LogP contribution in [0.5, 0.6) is 0 Å². The highest BCUT2D eigenvalue weighted by atomic mass is 19.4. The van der Waals surface area contributed by atoms with Gasteiger partial charge in [0.05, 0.1) is 66.6 Å². The number of nitrogens with zero attached hydrogens (tertiary/aromatic N) is 6. The predicted molar refractivity (Wildman–Crippen MR) is 393 cm³/mol. The van der Waals surface area contributed by atoms with E-state index in [0.29, 0.717) is 39.6 Å². The third-order valence-corrected chi connectivity index (χ3v) is 19.9. The molecule has 0 bridgehead atoms. The van der Waals surface area contributed by atoms with Gasteiger partial charge in [-0.15, -0.1) is 0 Å². The molecule has 0 N–H and O–H groups in total. The second kappa shape index (κ2) is 22.5. The average Bonchev–Trinajstić information content (AvgIpc) is 1.63. The lowest BCUT2D eigenvalue weighted by molar-refractivity contribution is -0.138. The van der Waals surface area contributed by atoms with Crippen molar-refractivity contribution in [2.24, 2.45) is 0 Å².